The van der Waals surface area contributed by atoms with Crippen LogP contribution in [0.5, 0.6) is 5.75 Å². The van der Waals surface area contributed by atoms with Gasteiger partial charge in [0.2, 0.25) is 0 Å². The number of nitrogens with one attached hydrogen (secondary N) is 2. The molecule has 43 heavy (non-hydrogen) atoms. The van der Waals surface area contributed by atoms with Crippen LogP contribution in [0.25, 0.3) is 10.4 Å². The number of aliphatic hydroxyl groups excluding tert-OH is 1. The predicted molar refractivity (Wildman–Crippen MR) is 153 cm³/mol. The largest absolute Gasteiger partial charge is 0.459 e. The van der Waals surface area contributed by atoms with Crippen molar-refractivity contribution >= 4 is 13.7 Å². The lowest BCUT2D eigenvalue weighted by molar-refractivity contribution is -0.150. The van der Waals surface area contributed by atoms with Crippen LogP contribution in [-0.2, 0) is 23.4 Å². The lowest BCUT2D eigenvalue weighted by Gasteiger charge is -2.28. The number of benzene rings is 2. The van der Waals surface area contributed by atoms with Gasteiger partial charge in [0, 0.05) is 17.2 Å². The summed E-state index contributed by atoms with van der Waals surface area (Å²) in [7, 11) is -4.37. The molecule has 2 heterocycles. The number of hydrogen-bond donors (Lipinski definition) is 3. The Morgan fingerprint density at radius 1 is 1.19 bits per heavy atom. The average molecular weight is 615 g/mol. The highest BCUT2D eigenvalue weighted by Crippen LogP contribution is 2.47. The van der Waals surface area contributed by atoms with Crippen LogP contribution in [0, 0.1) is 0 Å². The van der Waals surface area contributed by atoms with Crippen molar-refractivity contribution in [2.24, 2.45) is 5.11 Å². The van der Waals surface area contributed by atoms with E-state index in [1.54, 1.807) is 37.3 Å². The number of para-hydroxylation sites is 1. The number of hydrogen-bond acceptors (Lipinski definition) is 10. The molecule has 0 saturated carbocycles. The summed E-state index contributed by atoms with van der Waals surface area (Å²) in [5, 5.41) is 17.3. The van der Waals surface area contributed by atoms with Gasteiger partial charge in [-0.1, -0.05) is 53.6 Å². The maximum absolute atomic E-state index is 14.0. The molecule has 7 atom stereocenters. The van der Waals surface area contributed by atoms with Crippen LogP contribution >= 0.6 is 7.75 Å². The van der Waals surface area contributed by atoms with Gasteiger partial charge in [0.15, 0.2) is 6.23 Å². The molecule has 1 unspecified atom stereocenters. The van der Waals surface area contributed by atoms with Crippen molar-refractivity contribution in [3.05, 3.63) is 110 Å². The summed E-state index contributed by atoms with van der Waals surface area (Å²) in [5.74, 6) is -0.580. The van der Waals surface area contributed by atoms with Crippen molar-refractivity contribution in [3.8, 4) is 5.75 Å². The number of H-pyrrole nitrogens is 1. The van der Waals surface area contributed by atoms with Crippen LogP contribution in [-0.4, -0.2) is 51.0 Å². The number of aromatic nitrogens is 2. The zero-order valence-corrected chi connectivity index (χ0v) is 24.4. The molecule has 1 saturated heterocycles. The zero-order valence-electron chi connectivity index (χ0n) is 23.5. The number of carbonyl (C=O) groups is 1. The van der Waals surface area contributed by atoms with E-state index in [0.717, 1.165) is 22.4 Å². The molecule has 1 fully saturated rings. The van der Waals surface area contributed by atoms with Crippen LogP contribution < -0.4 is 20.9 Å². The third-order valence-corrected chi connectivity index (χ3v) is 8.41. The van der Waals surface area contributed by atoms with E-state index < -0.39 is 67.7 Å². The van der Waals surface area contributed by atoms with Gasteiger partial charge in [0.25, 0.3) is 5.56 Å². The molecule has 2 aromatic carbocycles. The topological polar surface area (TPSA) is 207 Å². The molecule has 0 amide bonds. The standard InChI is InChI=1S/C27H31N6O9P/c1-17(24(36)40-18(2)19-10-6-4-7-11-19)30-43(38,42-20-12-8-5-9-13-20)39-16-21-23(35)27(3,31-32-28)25(41-21)33-15-14-22(34)29-26(33)37/h4-15,17-18,21,23,25,35H,16H2,1-3H3,(H,30,38)(H,29,34,37)/t17-,18-,21+,23+,25+,27+,43?/m0/s1. The van der Waals surface area contributed by atoms with Gasteiger partial charge in [-0.05, 0) is 44.0 Å². The maximum atomic E-state index is 14.0. The fourth-order valence-electron chi connectivity index (χ4n) is 4.43. The highest BCUT2D eigenvalue weighted by molar-refractivity contribution is 7.52. The fourth-order valence-corrected chi connectivity index (χ4v) is 5.94. The number of azide groups is 1. The van der Waals surface area contributed by atoms with Gasteiger partial charge in [-0.3, -0.25) is 23.7 Å². The van der Waals surface area contributed by atoms with Crippen molar-refractivity contribution in [1.29, 1.82) is 0 Å². The Hall–Kier alpha value is -4.23. The summed E-state index contributed by atoms with van der Waals surface area (Å²) in [5.41, 5.74) is 6.66. The van der Waals surface area contributed by atoms with Crippen LogP contribution in [0.3, 0.4) is 0 Å². The van der Waals surface area contributed by atoms with E-state index in [2.05, 4.69) is 20.1 Å². The molecule has 1 aromatic heterocycles. The first kappa shape index (κ1) is 31.7. The summed E-state index contributed by atoms with van der Waals surface area (Å²) in [6.45, 7) is 3.87. The van der Waals surface area contributed by atoms with Crippen LogP contribution in [0.2, 0.25) is 0 Å². The molecule has 15 nitrogen and oxygen atoms in total. The van der Waals surface area contributed by atoms with E-state index in [4.69, 9.17) is 18.5 Å². The SMILES string of the molecule is C[C@H](NP(=O)(OC[C@H]1O[C@@H](n2ccc(=O)[nH]c2=O)[C@](C)(N=[N+]=[N-])[C@@H]1O)Oc1ccccc1)C(=O)O[C@@H](C)c1ccccc1. The lowest BCUT2D eigenvalue weighted by Crippen LogP contribution is -2.45. The van der Waals surface area contributed by atoms with Crippen LogP contribution in [0.1, 0.15) is 38.7 Å². The second-order valence-electron chi connectivity index (χ2n) is 9.94. The monoisotopic (exact) mass is 614 g/mol. The van der Waals surface area contributed by atoms with Gasteiger partial charge in [-0.15, -0.1) is 0 Å². The van der Waals surface area contributed by atoms with Crippen molar-refractivity contribution in [1.82, 2.24) is 14.6 Å². The minimum atomic E-state index is -4.37. The second-order valence-corrected chi connectivity index (χ2v) is 11.6. The number of aliphatic hydroxyl groups is 1. The van der Waals surface area contributed by atoms with E-state index in [1.807, 2.05) is 18.2 Å². The molecular weight excluding hydrogens is 583 g/mol. The minimum Gasteiger partial charge on any atom is -0.457 e. The third-order valence-electron chi connectivity index (χ3n) is 6.76. The quantitative estimate of drug-likeness (QED) is 0.0891. The Morgan fingerprint density at radius 2 is 1.84 bits per heavy atom. The highest BCUT2D eigenvalue weighted by atomic mass is 31.2. The zero-order chi connectivity index (χ0) is 31.2. The maximum Gasteiger partial charge on any atom is 0.459 e. The highest BCUT2D eigenvalue weighted by Gasteiger charge is 2.55. The molecular formula is C27H31N6O9P. The molecule has 0 aliphatic carbocycles. The average Bonchev–Trinajstić information content (AvgIpc) is 3.22. The molecule has 4 rings (SSSR count). The Bertz CT molecular complexity index is 1630. The molecule has 0 radical (unpaired) electrons. The fraction of sp³-hybridized carbons (Fsp3) is 0.370. The number of ether oxygens (including phenoxy) is 2. The summed E-state index contributed by atoms with van der Waals surface area (Å²) in [6, 6.07) is 17.0. The minimum absolute atomic E-state index is 0.154. The first-order valence-corrected chi connectivity index (χ1v) is 14.7. The van der Waals surface area contributed by atoms with Gasteiger partial charge in [0.05, 0.1) is 12.7 Å². The van der Waals surface area contributed by atoms with E-state index in [-0.39, 0.29) is 5.75 Å². The number of carbonyl (C=O) groups excluding carboxylic acids is 1. The summed E-state index contributed by atoms with van der Waals surface area (Å²) >= 11 is 0. The van der Waals surface area contributed by atoms with E-state index in [0.29, 0.717) is 0 Å². The van der Waals surface area contributed by atoms with Gasteiger partial charge < -0.3 is 19.1 Å². The molecule has 228 valence electrons. The van der Waals surface area contributed by atoms with Crippen molar-refractivity contribution < 1.29 is 33.0 Å². The molecule has 1 aliphatic heterocycles. The molecule has 1 aliphatic rings. The van der Waals surface area contributed by atoms with Crippen molar-refractivity contribution in [2.75, 3.05) is 6.61 Å². The van der Waals surface area contributed by atoms with Crippen molar-refractivity contribution in [2.45, 2.75) is 56.9 Å². The number of esters is 1. The first-order valence-electron chi connectivity index (χ1n) is 13.2. The molecule has 3 N–H and O–H groups in total. The van der Waals surface area contributed by atoms with Gasteiger partial charge in [-0.2, -0.15) is 5.09 Å². The van der Waals surface area contributed by atoms with Crippen LogP contribution in [0.15, 0.2) is 87.6 Å². The predicted octanol–water partition coefficient (Wildman–Crippen LogP) is 3.35. The van der Waals surface area contributed by atoms with Gasteiger partial charge >= 0.3 is 19.4 Å². The molecule has 0 spiro atoms. The number of aromatic amines is 1. The van der Waals surface area contributed by atoms with Gasteiger partial charge in [0.1, 0.15) is 29.5 Å². The van der Waals surface area contributed by atoms with Crippen LogP contribution in [0.4, 0.5) is 0 Å². The van der Waals surface area contributed by atoms with Gasteiger partial charge in [-0.25, -0.2) is 9.36 Å². The van der Waals surface area contributed by atoms with Crippen molar-refractivity contribution in [3.63, 3.8) is 0 Å². The van der Waals surface area contributed by atoms with E-state index in [9.17, 15) is 29.6 Å². The normalized spacial score (nSPS) is 24.2. The second kappa shape index (κ2) is 13.4. The smallest absolute Gasteiger partial charge is 0.457 e. The molecule has 3 aromatic rings. The third kappa shape index (κ3) is 7.41. The summed E-state index contributed by atoms with van der Waals surface area (Å²) in [4.78, 5) is 41.8. The van der Waals surface area contributed by atoms with E-state index in [1.165, 1.54) is 26.0 Å². The summed E-state index contributed by atoms with van der Waals surface area (Å²) < 4.78 is 37.6. The molecule has 0 bridgehead atoms. The Kier molecular flexibility index (Phi) is 9.87. The Morgan fingerprint density at radius 3 is 2.47 bits per heavy atom. The first-order chi connectivity index (χ1) is 20.5. The molecule has 16 heteroatoms. The Labute approximate surface area is 245 Å². The lowest BCUT2D eigenvalue weighted by atomic mass is 9.93. The Balaban J connectivity index is 1.54. The number of nitrogens with zero attached hydrogens (tertiary/aromatic N) is 4. The van der Waals surface area contributed by atoms with E-state index >= 15 is 0 Å². The number of rotatable bonds is 12. The summed E-state index contributed by atoms with van der Waals surface area (Å²) in [6.07, 6.45) is -3.70.